The highest BCUT2D eigenvalue weighted by atomic mass is 16.5. The van der Waals surface area contributed by atoms with Gasteiger partial charge in [0.05, 0.1) is 0 Å². The number of hydrogen-bond acceptors (Lipinski definition) is 3. The van der Waals surface area contributed by atoms with Gasteiger partial charge in [0.25, 0.3) is 0 Å². The first kappa shape index (κ1) is 15.0. The minimum absolute atomic E-state index is 0.0308. The molecule has 1 aromatic heterocycles. The number of rotatable bonds is 6. The molecule has 0 aliphatic carbocycles. The zero-order valence-corrected chi connectivity index (χ0v) is 12.2. The zero-order valence-electron chi connectivity index (χ0n) is 12.2. The molecule has 0 spiro atoms. The Labute approximate surface area is 124 Å². The minimum Gasteiger partial charge on any atom is -0.489 e. The fourth-order valence-corrected chi connectivity index (χ4v) is 1.98. The van der Waals surface area contributed by atoms with Crippen molar-refractivity contribution in [2.75, 3.05) is 0 Å². The summed E-state index contributed by atoms with van der Waals surface area (Å²) in [5.41, 5.74) is 2.11. The molecule has 1 N–H and O–H groups in total. The van der Waals surface area contributed by atoms with Crippen molar-refractivity contribution in [1.82, 2.24) is 4.98 Å². The smallest absolute Gasteiger partial charge is 0.354 e. The van der Waals surface area contributed by atoms with Crippen molar-refractivity contribution < 1.29 is 14.6 Å². The molecule has 0 aliphatic rings. The van der Waals surface area contributed by atoms with Crippen molar-refractivity contribution in [3.05, 3.63) is 59.4 Å². The molecule has 0 saturated carbocycles. The lowest BCUT2D eigenvalue weighted by Crippen LogP contribution is -2.03. The molecule has 21 heavy (non-hydrogen) atoms. The summed E-state index contributed by atoms with van der Waals surface area (Å²) in [7, 11) is 0. The summed E-state index contributed by atoms with van der Waals surface area (Å²) in [6, 6.07) is 11.3. The van der Waals surface area contributed by atoms with E-state index in [9.17, 15) is 4.79 Å². The van der Waals surface area contributed by atoms with Gasteiger partial charge in [-0.05, 0) is 47.7 Å². The van der Waals surface area contributed by atoms with Crippen LogP contribution in [0.15, 0.2) is 42.6 Å². The fraction of sp³-hybridized carbons (Fsp3) is 0.294. The number of carboxylic acids is 1. The first-order valence-electron chi connectivity index (χ1n) is 7.01. The molecule has 1 unspecified atom stereocenters. The zero-order chi connectivity index (χ0) is 15.2. The number of ether oxygens (including phenoxy) is 1. The van der Waals surface area contributed by atoms with Crippen molar-refractivity contribution in [2.24, 2.45) is 0 Å². The van der Waals surface area contributed by atoms with Crippen LogP contribution in [0.5, 0.6) is 5.75 Å². The molecule has 0 aliphatic heterocycles. The normalized spacial score (nSPS) is 11.9. The van der Waals surface area contributed by atoms with E-state index in [1.165, 1.54) is 17.8 Å². The number of aromatic carboxylic acids is 1. The molecule has 0 fully saturated rings. The number of pyridine rings is 1. The summed E-state index contributed by atoms with van der Waals surface area (Å²) in [5, 5.41) is 8.90. The average Bonchev–Trinajstić information content (AvgIpc) is 2.53. The van der Waals surface area contributed by atoms with Gasteiger partial charge in [-0.15, -0.1) is 0 Å². The van der Waals surface area contributed by atoms with Crippen LogP contribution in [-0.2, 0) is 6.61 Å². The molecule has 4 nitrogen and oxygen atoms in total. The Morgan fingerprint density at radius 2 is 2.00 bits per heavy atom. The maximum Gasteiger partial charge on any atom is 0.354 e. The van der Waals surface area contributed by atoms with E-state index in [4.69, 9.17) is 9.84 Å². The molecule has 1 heterocycles. The summed E-state index contributed by atoms with van der Waals surface area (Å²) in [6.45, 7) is 4.68. The standard InChI is InChI=1S/C17H19NO3/c1-3-12(2)14-4-6-15(7-5-14)21-11-13-8-9-18-16(10-13)17(19)20/h4-10,12H,3,11H2,1-2H3,(H,19,20). The van der Waals surface area contributed by atoms with Gasteiger partial charge in [0.1, 0.15) is 18.1 Å². The number of nitrogens with zero attached hydrogens (tertiary/aromatic N) is 1. The second-order valence-corrected chi connectivity index (χ2v) is 5.02. The highest BCUT2D eigenvalue weighted by Gasteiger charge is 2.06. The molecule has 2 aromatic rings. The van der Waals surface area contributed by atoms with Crippen molar-refractivity contribution in [3.63, 3.8) is 0 Å². The van der Waals surface area contributed by atoms with E-state index in [1.807, 2.05) is 12.1 Å². The predicted octanol–water partition coefficient (Wildman–Crippen LogP) is 3.87. The SMILES string of the molecule is CCC(C)c1ccc(OCc2ccnc(C(=O)O)c2)cc1. The van der Waals surface area contributed by atoms with Crippen LogP contribution in [0.2, 0.25) is 0 Å². The third kappa shape index (κ3) is 4.05. The topological polar surface area (TPSA) is 59.4 Å². The average molecular weight is 285 g/mol. The van der Waals surface area contributed by atoms with Crippen molar-refractivity contribution in [1.29, 1.82) is 0 Å². The lowest BCUT2D eigenvalue weighted by atomic mass is 9.99. The molecule has 2 rings (SSSR count). The highest BCUT2D eigenvalue weighted by molar-refractivity contribution is 5.85. The van der Waals surface area contributed by atoms with Gasteiger partial charge in [-0.1, -0.05) is 26.0 Å². The Bertz CT molecular complexity index is 608. The van der Waals surface area contributed by atoms with Crippen LogP contribution in [0.25, 0.3) is 0 Å². The maximum absolute atomic E-state index is 10.9. The van der Waals surface area contributed by atoms with Crippen molar-refractivity contribution in [2.45, 2.75) is 32.8 Å². The molecular formula is C17H19NO3. The van der Waals surface area contributed by atoms with Crippen LogP contribution in [0, 0.1) is 0 Å². The molecule has 1 atom stereocenters. The number of hydrogen-bond donors (Lipinski definition) is 1. The van der Waals surface area contributed by atoms with Gasteiger partial charge in [0, 0.05) is 6.20 Å². The quantitative estimate of drug-likeness (QED) is 0.875. The number of aromatic nitrogens is 1. The Hall–Kier alpha value is -2.36. The molecule has 0 amide bonds. The van der Waals surface area contributed by atoms with Gasteiger partial charge in [-0.2, -0.15) is 0 Å². The van der Waals surface area contributed by atoms with Crippen LogP contribution >= 0.6 is 0 Å². The largest absolute Gasteiger partial charge is 0.489 e. The first-order valence-corrected chi connectivity index (χ1v) is 7.01. The van der Waals surface area contributed by atoms with Gasteiger partial charge >= 0.3 is 5.97 Å². The monoisotopic (exact) mass is 285 g/mol. The van der Waals surface area contributed by atoms with E-state index in [-0.39, 0.29) is 5.69 Å². The second kappa shape index (κ2) is 6.88. The van der Waals surface area contributed by atoms with E-state index >= 15 is 0 Å². The van der Waals surface area contributed by atoms with Crippen LogP contribution in [0.4, 0.5) is 0 Å². The summed E-state index contributed by atoms with van der Waals surface area (Å²) in [4.78, 5) is 14.6. The van der Waals surface area contributed by atoms with E-state index in [0.29, 0.717) is 12.5 Å². The van der Waals surface area contributed by atoms with Crippen molar-refractivity contribution >= 4 is 5.97 Å². The molecule has 0 radical (unpaired) electrons. The predicted molar refractivity (Wildman–Crippen MR) is 80.7 cm³/mol. The molecule has 0 bridgehead atoms. The third-order valence-electron chi connectivity index (χ3n) is 3.51. The van der Waals surface area contributed by atoms with Gasteiger partial charge < -0.3 is 9.84 Å². The summed E-state index contributed by atoms with van der Waals surface area (Å²) in [5.74, 6) is 0.280. The van der Waals surface area contributed by atoms with Gasteiger partial charge in [0.15, 0.2) is 0 Å². The van der Waals surface area contributed by atoms with Crippen molar-refractivity contribution in [3.8, 4) is 5.75 Å². The van der Waals surface area contributed by atoms with E-state index in [2.05, 4.69) is 31.0 Å². The number of benzene rings is 1. The lowest BCUT2D eigenvalue weighted by Gasteiger charge is -2.11. The van der Waals surface area contributed by atoms with E-state index in [1.54, 1.807) is 6.07 Å². The lowest BCUT2D eigenvalue weighted by molar-refractivity contribution is 0.0690. The number of carbonyl (C=O) groups is 1. The molecule has 0 saturated heterocycles. The summed E-state index contributed by atoms with van der Waals surface area (Å²) < 4.78 is 5.67. The Kier molecular flexibility index (Phi) is 4.93. The van der Waals surface area contributed by atoms with E-state index < -0.39 is 5.97 Å². The Balaban J connectivity index is 1.99. The Morgan fingerprint density at radius 1 is 1.29 bits per heavy atom. The molecular weight excluding hydrogens is 266 g/mol. The van der Waals surface area contributed by atoms with Gasteiger partial charge in [0.2, 0.25) is 0 Å². The fourth-order valence-electron chi connectivity index (χ4n) is 1.98. The number of carboxylic acid groups (broad SMARTS) is 1. The van der Waals surface area contributed by atoms with E-state index in [0.717, 1.165) is 17.7 Å². The Morgan fingerprint density at radius 3 is 2.62 bits per heavy atom. The van der Waals surface area contributed by atoms with Crippen LogP contribution in [0.1, 0.15) is 47.8 Å². The second-order valence-electron chi connectivity index (χ2n) is 5.02. The van der Waals surface area contributed by atoms with Gasteiger partial charge in [-0.3, -0.25) is 0 Å². The minimum atomic E-state index is -1.03. The van der Waals surface area contributed by atoms with Crippen LogP contribution in [0.3, 0.4) is 0 Å². The molecule has 1 aromatic carbocycles. The van der Waals surface area contributed by atoms with Crippen LogP contribution in [-0.4, -0.2) is 16.1 Å². The molecule has 110 valence electrons. The maximum atomic E-state index is 10.9. The molecule has 4 heteroatoms. The summed E-state index contributed by atoms with van der Waals surface area (Å²) >= 11 is 0. The third-order valence-corrected chi connectivity index (χ3v) is 3.51. The van der Waals surface area contributed by atoms with Gasteiger partial charge in [-0.25, -0.2) is 9.78 Å². The summed E-state index contributed by atoms with van der Waals surface area (Å²) in [6.07, 6.45) is 2.59. The first-order chi connectivity index (χ1) is 10.1. The highest BCUT2D eigenvalue weighted by Crippen LogP contribution is 2.22. The van der Waals surface area contributed by atoms with Crippen LogP contribution < -0.4 is 4.74 Å².